The van der Waals surface area contributed by atoms with Crippen molar-refractivity contribution in [2.24, 2.45) is 5.73 Å². The lowest BCUT2D eigenvalue weighted by molar-refractivity contribution is -0.149. The summed E-state index contributed by atoms with van der Waals surface area (Å²) in [7, 11) is 0. The zero-order valence-corrected chi connectivity index (χ0v) is 23.5. The SMILES string of the molecule is CCCCCCCCCCCCCCNCCCC(=O)NC(CCC(=O)ONC(N)=O)C(=O)CCCC. The van der Waals surface area contributed by atoms with Gasteiger partial charge in [-0.25, -0.2) is 9.59 Å². The molecular formula is C28H54N4O5. The van der Waals surface area contributed by atoms with E-state index in [2.05, 4.69) is 22.4 Å². The van der Waals surface area contributed by atoms with Gasteiger partial charge in [-0.3, -0.25) is 9.59 Å². The summed E-state index contributed by atoms with van der Waals surface area (Å²) < 4.78 is 0. The maximum atomic E-state index is 12.5. The van der Waals surface area contributed by atoms with Gasteiger partial charge in [-0.2, -0.15) is 5.48 Å². The quantitative estimate of drug-likeness (QED) is 0.0951. The Balaban J connectivity index is 3.88. The number of rotatable bonds is 25. The summed E-state index contributed by atoms with van der Waals surface area (Å²) in [5.74, 6) is -1.02. The van der Waals surface area contributed by atoms with Crippen molar-refractivity contribution in [2.45, 2.75) is 142 Å². The van der Waals surface area contributed by atoms with E-state index >= 15 is 0 Å². The van der Waals surface area contributed by atoms with Crippen molar-refractivity contribution >= 4 is 23.7 Å². The summed E-state index contributed by atoms with van der Waals surface area (Å²) in [5, 5.41) is 6.15. The Morgan fingerprint density at radius 1 is 0.676 bits per heavy atom. The number of nitrogens with one attached hydrogen (secondary N) is 3. The first-order valence-corrected chi connectivity index (χ1v) is 14.7. The molecule has 0 rings (SSSR count). The standard InChI is InChI=1S/C28H54N4O5/c1-3-5-7-8-9-10-11-12-13-14-15-16-22-30-23-17-19-26(34)31-24(25(33)18-6-4-2)20-21-27(35)37-32-28(29)36/h24,30H,3-23H2,1-2H3,(H,31,34)(H3,29,32,36). The highest BCUT2D eigenvalue weighted by Gasteiger charge is 2.21. The number of hydroxylamine groups is 1. The molecule has 0 saturated carbocycles. The third kappa shape index (κ3) is 24.0. The number of Topliss-reactive ketones (excluding diaryl/α,β-unsaturated/α-hetero) is 1. The largest absolute Gasteiger partial charge is 0.349 e. The molecule has 5 N–H and O–H groups in total. The Morgan fingerprint density at radius 2 is 1.22 bits per heavy atom. The summed E-state index contributed by atoms with van der Waals surface area (Å²) in [6.07, 6.45) is 18.9. The second kappa shape index (κ2) is 25.5. The van der Waals surface area contributed by atoms with Crippen LogP contribution in [0.15, 0.2) is 0 Å². The van der Waals surface area contributed by atoms with Gasteiger partial charge in [0.05, 0.1) is 12.5 Å². The Bertz CT molecular complexity index is 615. The molecule has 9 heteroatoms. The molecule has 1 unspecified atom stereocenters. The molecular weight excluding hydrogens is 472 g/mol. The summed E-state index contributed by atoms with van der Waals surface area (Å²) in [5.41, 5.74) is 6.61. The van der Waals surface area contributed by atoms with Gasteiger partial charge < -0.3 is 21.2 Å². The van der Waals surface area contributed by atoms with Crippen molar-refractivity contribution in [3.63, 3.8) is 0 Å². The first-order valence-electron chi connectivity index (χ1n) is 14.7. The number of hydrogen-bond donors (Lipinski definition) is 4. The molecule has 0 aliphatic rings. The molecule has 0 aromatic heterocycles. The normalized spacial score (nSPS) is 11.6. The third-order valence-corrected chi connectivity index (χ3v) is 6.37. The van der Waals surface area contributed by atoms with Crippen molar-refractivity contribution in [1.29, 1.82) is 0 Å². The summed E-state index contributed by atoms with van der Waals surface area (Å²) in [4.78, 5) is 51.6. The first kappa shape index (κ1) is 34.8. The molecule has 0 aromatic carbocycles. The lowest BCUT2D eigenvalue weighted by Crippen LogP contribution is -2.41. The zero-order valence-electron chi connectivity index (χ0n) is 23.5. The number of ketones is 1. The Kier molecular flexibility index (Phi) is 24.0. The van der Waals surface area contributed by atoms with Gasteiger partial charge in [-0.15, -0.1) is 0 Å². The van der Waals surface area contributed by atoms with E-state index in [1.54, 1.807) is 5.48 Å². The number of amides is 3. The van der Waals surface area contributed by atoms with Gasteiger partial charge in [0.15, 0.2) is 5.78 Å². The minimum atomic E-state index is -0.982. The van der Waals surface area contributed by atoms with Gasteiger partial charge in [0.2, 0.25) is 5.91 Å². The molecule has 216 valence electrons. The predicted molar refractivity (Wildman–Crippen MR) is 148 cm³/mol. The smallest absolute Gasteiger partial charge is 0.345 e. The van der Waals surface area contributed by atoms with E-state index in [-0.39, 0.29) is 24.5 Å². The lowest BCUT2D eigenvalue weighted by Gasteiger charge is -2.17. The molecule has 0 heterocycles. The summed E-state index contributed by atoms with van der Waals surface area (Å²) in [6, 6.07) is -1.72. The van der Waals surface area contributed by atoms with Crippen LogP contribution in [0, 0.1) is 0 Å². The minimum Gasteiger partial charge on any atom is -0.349 e. The highest BCUT2D eigenvalue weighted by atomic mass is 16.7. The van der Waals surface area contributed by atoms with Gasteiger partial charge >= 0.3 is 12.0 Å². The van der Waals surface area contributed by atoms with E-state index in [1.165, 1.54) is 70.6 Å². The van der Waals surface area contributed by atoms with E-state index in [0.29, 0.717) is 19.3 Å². The molecule has 3 amide bonds. The van der Waals surface area contributed by atoms with Crippen LogP contribution in [0.5, 0.6) is 0 Å². The van der Waals surface area contributed by atoms with Crippen LogP contribution in [0.1, 0.15) is 136 Å². The minimum absolute atomic E-state index is 0.101. The monoisotopic (exact) mass is 526 g/mol. The van der Waals surface area contributed by atoms with Crippen LogP contribution in [-0.4, -0.2) is 42.8 Å². The molecule has 0 aliphatic heterocycles. The molecule has 0 aromatic rings. The van der Waals surface area contributed by atoms with Gasteiger partial charge in [-0.05, 0) is 38.8 Å². The highest BCUT2D eigenvalue weighted by Crippen LogP contribution is 2.12. The van der Waals surface area contributed by atoms with Crippen LogP contribution in [0.2, 0.25) is 0 Å². The zero-order chi connectivity index (χ0) is 27.6. The highest BCUT2D eigenvalue weighted by molar-refractivity contribution is 5.89. The van der Waals surface area contributed by atoms with Crippen molar-refractivity contribution in [3.8, 4) is 0 Å². The maximum Gasteiger partial charge on any atom is 0.345 e. The van der Waals surface area contributed by atoms with Crippen LogP contribution < -0.4 is 21.8 Å². The van der Waals surface area contributed by atoms with Crippen LogP contribution in [-0.2, 0) is 19.2 Å². The van der Waals surface area contributed by atoms with Crippen molar-refractivity contribution in [2.75, 3.05) is 13.1 Å². The molecule has 1 atom stereocenters. The van der Waals surface area contributed by atoms with E-state index < -0.39 is 18.0 Å². The van der Waals surface area contributed by atoms with Crippen LogP contribution >= 0.6 is 0 Å². The number of hydrogen-bond acceptors (Lipinski definition) is 6. The Hall–Kier alpha value is -2.16. The molecule has 9 nitrogen and oxygen atoms in total. The third-order valence-electron chi connectivity index (χ3n) is 6.37. The maximum absolute atomic E-state index is 12.5. The van der Waals surface area contributed by atoms with E-state index in [9.17, 15) is 19.2 Å². The number of nitrogens with two attached hydrogens (primary N) is 1. The Morgan fingerprint density at radius 3 is 1.78 bits per heavy atom. The van der Waals surface area contributed by atoms with Crippen LogP contribution in [0.3, 0.4) is 0 Å². The number of carbonyl (C=O) groups excluding carboxylic acids is 4. The molecule has 0 radical (unpaired) electrons. The van der Waals surface area contributed by atoms with E-state index in [0.717, 1.165) is 32.4 Å². The van der Waals surface area contributed by atoms with Crippen LogP contribution in [0.25, 0.3) is 0 Å². The Labute approximate surface area is 224 Å². The predicted octanol–water partition coefficient (Wildman–Crippen LogP) is 5.21. The molecule has 37 heavy (non-hydrogen) atoms. The fraction of sp³-hybridized carbons (Fsp3) is 0.857. The van der Waals surface area contributed by atoms with Crippen molar-refractivity contribution in [3.05, 3.63) is 0 Å². The molecule has 0 fully saturated rings. The van der Waals surface area contributed by atoms with Gasteiger partial charge in [0, 0.05) is 12.8 Å². The van der Waals surface area contributed by atoms with E-state index in [1.807, 2.05) is 6.92 Å². The number of urea groups is 1. The number of unbranched alkanes of at least 4 members (excludes halogenated alkanes) is 12. The second-order valence-corrected chi connectivity index (χ2v) is 9.91. The first-order chi connectivity index (χ1) is 17.9. The molecule has 0 aliphatic carbocycles. The molecule has 0 bridgehead atoms. The van der Waals surface area contributed by atoms with Crippen molar-refractivity contribution in [1.82, 2.24) is 16.1 Å². The summed E-state index contributed by atoms with van der Waals surface area (Å²) in [6.45, 7) is 5.95. The molecule has 0 spiro atoms. The van der Waals surface area contributed by atoms with Crippen molar-refractivity contribution < 1.29 is 24.0 Å². The average Bonchev–Trinajstić information content (AvgIpc) is 2.88. The van der Waals surface area contributed by atoms with Gasteiger partial charge in [0.1, 0.15) is 0 Å². The lowest BCUT2D eigenvalue weighted by atomic mass is 10.0. The number of primary amides is 1. The van der Waals surface area contributed by atoms with Gasteiger partial charge in [-0.1, -0.05) is 90.9 Å². The van der Waals surface area contributed by atoms with Crippen LogP contribution in [0.4, 0.5) is 4.79 Å². The van der Waals surface area contributed by atoms with E-state index in [4.69, 9.17) is 5.73 Å². The summed E-state index contributed by atoms with van der Waals surface area (Å²) >= 11 is 0. The fourth-order valence-electron chi connectivity index (χ4n) is 4.12. The average molecular weight is 527 g/mol. The molecule has 0 saturated heterocycles. The number of carbonyl (C=O) groups is 4. The topological polar surface area (TPSA) is 140 Å². The second-order valence-electron chi connectivity index (χ2n) is 9.91. The fourth-order valence-corrected chi connectivity index (χ4v) is 4.12. The van der Waals surface area contributed by atoms with Gasteiger partial charge in [0.25, 0.3) is 0 Å².